The second-order valence-electron chi connectivity index (χ2n) is 5.81. The van der Waals surface area contributed by atoms with Crippen molar-refractivity contribution in [3.63, 3.8) is 0 Å². The maximum Gasteiger partial charge on any atom is 0.250 e. The molecule has 0 unspecified atom stereocenters. The number of nitrogens with one attached hydrogen (secondary N) is 2. The zero-order valence-electron chi connectivity index (χ0n) is 12.0. The molecule has 0 amide bonds. The zero-order valence-corrected chi connectivity index (χ0v) is 13.7. The number of carboxylic acid groups (broad SMARTS) is 1. The Labute approximate surface area is 123 Å². The Morgan fingerprint density at radius 3 is 2.50 bits per heavy atom. The van der Waals surface area contributed by atoms with Gasteiger partial charge in [0.05, 0.1) is 26.6 Å². The lowest BCUT2D eigenvalue weighted by molar-refractivity contribution is -0.865. The van der Waals surface area contributed by atoms with Gasteiger partial charge in [-0.1, -0.05) is 13.8 Å². The number of rotatable bonds is 7. The summed E-state index contributed by atoms with van der Waals surface area (Å²) in [6.45, 7) is 5.05. The molecule has 0 aliphatic carbocycles. The fraction of sp³-hybridized carbons (Fsp3) is 0.583. The predicted octanol–water partition coefficient (Wildman–Crippen LogP) is -1.44. The Hall–Kier alpha value is -0.960. The zero-order chi connectivity index (χ0) is 15.6. The molecule has 1 heterocycles. The van der Waals surface area contributed by atoms with Crippen LogP contribution in [0.4, 0.5) is 0 Å². The lowest BCUT2D eigenvalue weighted by Gasteiger charge is -2.25. The maximum atomic E-state index is 12.1. The van der Waals surface area contributed by atoms with E-state index in [1.807, 2.05) is 27.9 Å². The number of carbonyl (C=O) groups excluding carboxylic acids is 1. The first-order valence-electron chi connectivity index (χ1n) is 6.12. The smallest absolute Gasteiger partial charge is 0.250 e. The number of sulfonamides is 1. The number of hydrogen-bond acceptors (Lipinski definition) is 5. The van der Waals surface area contributed by atoms with E-state index in [0.29, 0.717) is 6.54 Å². The normalized spacial score (nSPS) is 12.8. The molecule has 0 spiro atoms. The lowest BCUT2D eigenvalue weighted by Crippen LogP contribution is -3.07. The molecule has 6 nitrogen and oxygen atoms in total. The van der Waals surface area contributed by atoms with Crippen molar-refractivity contribution in [2.45, 2.75) is 18.1 Å². The van der Waals surface area contributed by atoms with E-state index >= 15 is 0 Å². The quantitative estimate of drug-likeness (QED) is 0.644. The second-order valence-corrected chi connectivity index (χ2v) is 8.72. The Kier molecular flexibility index (Phi) is 5.31. The molecule has 0 bridgehead atoms. The number of aromatic carboxylic acids is 1. The van der Waals surface area contributed by atoms with E-state index in [-0.39, 0.29) is 15.2 Å². The van der Waals surface area contributed by atoms with Crippen LogP contribution in [-0.2, 0) is 10.0 Å². The Balaban J connectivity index is 2.77. The van der Waals surface area contributed by atoms with Crippen LogP contribution in [0.2, 0.25) is 0 Å². The van der Waals surface area contributed by atoms with Crippen molar-refractivity contribution in [1.82, 2.24) is 4.72 Å². The SMILES string of the molecule is C[NH+](C)CC(C)(C)CNS(=O)(=O)c1cc(C(=O)[O-])cs1. The highest BCUT2D eigenvalue weighted by atomic mass is 32.2. The molecule has 1 aromatic heterocycles. The largest absolute Gasteiger partial charge is 0.545 e. The topological polar surface area (TPSA) is 90.7 Å². The van der Waals surface area contributed by atoms with Gasteiger partial charge in [-0.05, 0) is 6.07 Å². The molecule has 2 N–H and O–H groups in total. The van der Waals surface area contributed by atoms with Gasteiger partial charge in [0.15, 0.2) is 0 Å². The fourth-order valence-electron chi connectivity index (χ4n) is 1.95. The van der Waals surface area contributed by atoms with Gasteiger partial charge in [-0.25, -0.2) is 13.1 Å². The van der Waals surface area contributed by atoms with Crippen LogP contribution in [-0.4, -0.2) is 41.6 Å². The minimum absolute atomic E-state index is 0.00954. The Morgan fingerprint density at radius 1 is 1.45 bits per heavy atom. The maximum absolute atomic E-state index is 12.1. The molecule has 0 saturated carbocycles. The first-order chi connectivity index (χ1) is 9.03. The predicted molar refractivity (Wildman–Crippen MR) is 75.3 cm³/mol. The summed E-state index contributed by atoms with van der Waals surface area (Å²) in [5.41, 5.74) is -0.312. The van der Waals surface area contributed by atoms with Gasteiger partial charge >= 0.3 is 0 Å². The van der Waals surface area contributed by atoms with E-state index < -0.39 is 16.0 Å². The first kappa shape index (κ1) is 17.1. The van der Waals surface area contributed by atoms with Crippen LogP contribution in [0.3, 0.4) is 0 Å². The summed E-state index contributed by atoms with van der Waals surface area (Å²) in [5.74, 6) is -1.38. The van der Waals surface area contributed by atoms with Crippen LogP contribution in [0, 0.1) is 5.41 Å². The van der Waals surface area contributed by atoms with Crippen LogP contribution in [0.5, 0.6) is 0 Å². The van der Waals surface area contributed by atoms with Crippen molar-refractivity contribution < 1.29 is 23.2 Å². The average molecular weight is 320 g/mol. The summed E-state index contributed by atoms with van der Waals surface area (Å²) in [7, 11) is 0.329. The number of quaternary nitrogens is 1. The van der Waals surface area contributed by atoms with Crippen LogP contribution in [0.1, 0.15) is 24.2 Å². The van der Waals surface area contributed by atoms with Gasteiger partial charge in [-0.2, -0.15) is 0 Å². The number of carboxylic acids is 1. The highest BCUT2D eigenvalue weighted by Gasteiger charge is 2.25. The van der Waals surface area contributed by atoms with Gasteiger partial charge in [-0.3, -0.25) is 0 Å². The summed E-state index contributed by atoms with van der Waals surface area (Å²) < 4.78 is 26.7. The van der Waals surface area contributed by atoms with Gasteiger partial charge in [0.1, 0.15) is 4.21 Å². The molecule has 1 rings (SSSR count). The van der Waals surface area contributed by atoms with Gasteiger partial charge in [-0.15, -0.1) is 11.3 Å². The van der Waals surface area contributed by atoms with E-state index in [2.05, 4.69) is 4.72 Å². The van der Waals surface area contributed by atoms with Crippen molar-refractivity contribution in [2.24, 2.45) is 5.41 Å². The number of carbonyl (C=O) groups is 1. The van der Waals surface area contributed by atoms with Crippen molar-refractivity contribution in [3.8, 4) is 0 Å². The first-order valence-corrected chi connectivity index (χ1v) is 8.48. The third kappa shape index (κ3) is 4.86. The third-order valence-electron chi connectivity index (χ3n) is 2.65. The molecule has 1 aromatic rings. The summed E-state index contributed by atoms with van der Waals surface area (Å²) in [6, 6.07) is 1.12. The molecule has 0 atom stereocenters. The molecule has 0 aliphatic heterocycles. The summed E-state index contributed by atoms with van der Waals surface area (Å²) in [6.07, 6.45) is 0. The Morgan fingerprint density at radius 2 is 2.05 bits per heavy atom. The van der Waals surface area contributed by atoms with E-state index in [1.54, 1.807) is 0 Å². The van der Waals surface area contributed by atoms with Crippen molar-refractivity contribution in [3.05, 3.63) is 17.0 Å². The highest BCUT2D eigenvalue weighted by molar-refractivity contribution is 7.91. The molecule has 20 heavy (non-hydrogen) atoms. The van der Waals surface area contributed by atoms with Crippen LogP contribution < -0.4 is 14.7 Å². The standard InChI is InChI=1S/C12H20N2O4S2/c1-12(2,8-14(3)4)7-13-20(17,18)10-5-9(6-19-10)11(15)16/h5-6,13H,7-8H2,1-4H3,(H,15,16). The number of thiophene rings is 1. The van der Waals surface area contributed by atoms with E-state index in [1.165, 1.54) is 10.3 Å². The van der Waals surface area contributed by atoms with Gasteiger partial charge < -0.3 is 14.8 Å². The highest BCUT2D eigenvalue weighted by Crippen LogP contribution is 2.20. The van der Waals surface area contributed by atoms with E-state index in [4.69, 9.17) is 0 Å². The molecule has 0 aliphatic rings. The van der Waals surface area contributed by atoms with Crippen LogP contribution in [0.25, 0.3) is 0 Å². The Bertz CT molecular complexity index is 576. The van der Waals surface area contributed by atoms with E-state index in [0.717, 1.165) is 23.9 Å². The lowest BCUT2D eigenvalue weighted by atomic mass is 9.93. The van der Waals surface area contributed by atoms with Crippen molar-refractivity contribution in [2.75, 3.05) is 27.2 Å². The average Bonchev–Trinajstić information content (AvgIpc) is 2.75. The molecule has 0 radical (unpaired) electrons. The van der Waals surface area contributed by atoms with E-state index in [9.17, 15) is 18.3 Å². The van der Waals surface area contributed by atoms with Gasteiger partial charge in [0.2, 0.25) is 10.0 Å². The molecular formula is C12H20N2O4S2. The van der Waals surface area contributed by atoms with Crippen molar-refractivity contribution >= 4 is 27.3 Å². The minimum atomic E-state index is -3.67. The van der Waals surface area contributed by atoms with Gasteiger partial charge in [0.25, 0.3) is 0 Å². The molecule has 8 heteroatoms. The molecular weight excluding hydrogens is 300 g/mol. The monoisotopic (exact) mass is 320 g/mol. The third-order valence-corrected chi connectivity index (χ3v) is 5.49. The second kappa shape index (κ2) is 6.21. The number of hydrogen-bond donors (Lipinski definition) is 2. The molecule has 0 fully saturated rings. The molecule has 0 saturated heterocycles. The minimum Gasteiger partial charge on any atom is -0.545 e. The summed E-state index contributed by atoms with van der Waals surface area (Å²) in [4.78, 5) is 11.9. The van der Waals surface area contributed by atoms with Crippen LogP contribution in [0.15, 0.2) is 15.7 Å². The summed E-state index contributed by atoms with van der Waals surface area (Å²) >= 11 is 0.873. The molecule has 114 valence electrons. The molecule has 0 aromatic carbocycles. The van der Waals surface area contributed by atoms with Crippen LogP contribution >= 0.6 is 11.3 Å². The summed E-state index contributed by atoms with van der Waals surface area (Å²) in [5, 5.41) is 11.9. The fourth-order valence-corrected chi connectivity index (χ4v) is 4.38. The van der Waals surface area contributed by atoms with Gasteiger partial charge in [0, 0.05) is 22.9 Å². The van der Waals surface area contributed by atoms with Crippen molar-refractivity contribution in [1.29, 1.82) is 0 Å².